The number of anilines is 1. The molecule has 8 nitrogen and oxygen atoms in total. The van der Waals surface area contributed by atoms with Crippen molar-refractivity contribution in [2.24, 2.45) is 7.05 Å². The molecule has 5 rings (SSSR count). The highest BCUT2D eigenvalue weighted by atomic mass is 16.2. The molecule has 8 heteroatoms. The fourth-order valence-corrected chi connectivity index (χ4v) is 4.69. The van der Waals surface area contributed by atoms with E-state index in [9.17, 15) is 19.2 Å². The lowest BCUT2D eigenvalue weighted by Crippen LogP contribution is -2.41. The third-order valence-electron chi connectivity index (χ3n) is 6.53. The summed E-state index contributed by atoms with van der Waals surface area (Å²) in [6.07, 6.45) is 0.646. The zero-order chi connectivity index (χ0) is 23.1. The number of fused-ring (bicyclic) bond motifs is 2. The zero-order valence-electron chi connectivity index (χ0n) is 18.3. The maximum absolute atomic E-state index is 13.1. The Hall–Kier alpha value is -3.94. The normalized spacial score (nSPS) is 16.8. The van der Waals surface area contributed by atoms with E-state index in [4.69, 9.17) is 0 Å². The molecule has 3 aromatic rings. The molecule has 1 aromatic heterocycles. The molecule has 0 spiro atoms. The number of carbonyl (C=O) groups is 2. The molecular formula is C25H24N4O4. The van der Waals surface area contributed by atoms with Crippen molar-refractivity contribution in [2.75, 3.05) is 11.9 Å². The van der Waals surface area contributed by atoms with E-state index in [2.05, 4.69) is 11.4 Å². The highest BCUT2D eigenvalue weighted by Crippen LogP contribution is 2.32. The molecule has 0 radical (unpaired) electrons. The number of hydrogen-bond acceptors (Lipinski definition) is 4. The van der Waals surface area contributed by atoms with E-state index in [-0.39, 0.29) is 30.3 Å². The van der Waals surface area contributed by atoms with Gasteiger partial charge in [-0.05, 0) is 23.1 Å². The van der Waals surface area contributed by atoms with Crippen molar-refractivity contribution in [1.82, 2.24) is 14.0 Å². The Morgan fingerprint density at radius 1 is 1.00 bits per heavy atom. The van der Waals surface area contributed by atoms with Crippen molar-refractivity contribution < 1.29 is 9.59 Å². The van der Waals surface area contributed by atoms with Crippen molar-refractivity contribution >= 4 is 17.6 Å². The molecule has 2 aromatic carbocycles. The lowest BCUT2D eigenvalue weighted by atomic mass is 9.96. The van der Waals surface area contributed by atoms with E-state index in [1.54, 1.807) is 4.90 Å². The second kappa shape index (κ2) is 8.20. The Labute approximate surface area is 190 Å². The number of carbonyl (C=O) groups excluding carboxylic acids is 2. The Balaban J connectivity index is 1.46. The topological polar surface area (TPSA) is 93.4 Å². The molecule has 168 valence electrons. The van der Waals surface area contributed by atoms with Gasteiger partial charge >= 0.3 is 5.69 Å². The quantitative estimate of drug-likeness (QED) is 0.662. The number of hydrogen-bond donors (Lipinski definition) is 1. The van der Waals surface area contributed by atoms with Crippen LogP contribution in [0.5, 0.6) is 0 Å². The monoisotopic (exact) mass is 444 g/mol. The largest absolute Gasteiger partial charge is 0.338 e. The van der Waals surface area contributed by atoms with Crippen molar-refractivity contribution in [3.05, 3.63) is 97.7 Å². The lowest BCUT2D eigenvalue weighted by Gasteiger charge is -2.29. The number of nitrogens with one attached hydrogen (secondary N) is 1. The van der Waals surface area contributed by atoms with Crippen LogP contribution in [0.2, 0.25) is 0 Å². The molecule has 0 saturated heterocycles. The standard InChI is InChI=1S/C25H24N4O4/c1-27-24(32)21-19(13-20(30)28-12-11-17-9-5-6-10-18(17)15-28)23(31)26-22(21)29(25(27)33)14-16-7-3-2-4-8-16/h2-10,19H,11-15H2,1H3,(H,26,31)/t19-/m0/s1. The lowest BCUT2D eigenvalue weighted by molar-refractivity contribution is -0.134. The van der Waals surface area contributed by atoms with Crippen molar-refractivity contribution in [3.63, 3.8) is 0 Å². The summed E-state index contributed by atoms with van der Waals surface area (Å²) >= 11 is 0. The van der Waals surface area contributed by atoms with Gasteiger partial charge in [0.05, 0.1) is 18.0 Å². The minimum atomic E-state index is -0.925. The third kappa shape index (κ3) is 3.67. The molecule has 2 amide bonds. The van der Waals surface area contributed by atoms with Gasteiger partial charge in [0.2, 0.25) is 11.8 Å². The molecule has 2 aliphatic rings. The van der Waals surface area contributed by atoms with Crippen LogP contribution in [0.15, 0.2) is 64.2 Å². The van der Waals surface area contributed by atoms with Crippen LogP contribution in [-0.4, -0.2) is 32.4 Å². The average molecular weight is 444 g/mol. The van der Waals surface area contributed by atoms with Gasteiger partial charge < -0.3 is 10.2 Å². The number of amides is 2. The van der Waals surface area contributed by atoms with E-state index in [0.717, 1.165) is 22.1 Å². The van der Waals surface area contributed by atoms with E-state index in [1.807, 2.05) is 48.5 Å². The summed E-state index contributed by atoms with van der Waals surface area (Å²) in [6, 6.07) is 17.3. The maximum Gasteiger partial charge on any atom is 0.332 e. The molecule has 0 unspecified atom stereocenters. The van der Waals surface area contributed by atoms with Gasteiger partial charge in [-0.3, -0.25) is 23.5 Å². The van der Waals surface area contributed by atoms with E-state index in [1.165, 1.54) is 17.2 Å². The Morgan fingerprint density at radius 2 is 1.70 bits per heavy atom. The predicted molar refractivity (Wildman–Crippen MR) is 123 cm³/mol. The zero-order valence-corrected chi connectivity index (χ0v) is 18.3. The van der Waals surface area contributed by atoms with Crippen LogP contribution in [0.25, 0.3) is 0 Å². The van der Waals surface area contributed by atoms with Gasteiger partial charge in [-0.1, -0.05) is 54.6 Å². The third-order valence-corrected chi connectivity index (χ3v) is 6.53. The summed E-state index contributed by atoms with van der Waals surface area (Å²) in [5.74, 6) is -1.34. The molecule has 0 aliphatic carbocycles. The molecule has 1 N–H and O–H groups in total. The number of rotatable bonds is 4. The molecule has 2 aliphatic heterocycles. The first kappa shape index (κ1) is 20.9. The summed E-state index contributed by atoms with van der Waals surface area (Å²) in [7, 11) is 1.40. The van der Waals surface area contributed by atoms with Crippen molar-refractivity contribution in [2.45, 2.75) is 31.8 Å². The SMILES string of the molecule is Cn1c(=O)c2c(n(Cc3ccccc3)c1=O)NC(=O)[C@H]2CC(=O)N1CCc2ccccc2C1. The Kier molecular flexibility index (Phi) is 5.20. The first-order chi connectivity index (χ1) is 15.9. The van der Waals surface area contributed by atoms with Crippen LogP contribution in [0.4, 0.5) is 5.82 Å². The summed E-state index contributed by atoms with van der Waals surface area (Å²) in [6.45, 7) is 1.27. The molecule has 0 fully saturated rings. The number of nitrogens with zero attached hydrogens (tertiary/aromatic N) is 3. The van der Waals surface area contributed by atoms with Crippen LogP contribution < -0.4 is 16.6 Å². The molecule has 0 bridgehead atoms. The second-order valence-electron chi connectivity index (χ2n) is 8.56. The summed E-state index contributed by atoms with van der Waals surface area (Å²) < 4.78 is 2.41. The van der Waals surface area contributed by atoms with Gasteiger partial charge in [0, 0.05) is 26.6 Å². The summed E-state index contributed by atoms with van der Waals surface area (Å²) in [4.78, 5) is 53.6. The van der Waals surface area contributed by atoms with Crippen LogP contribution in [0.3, 0.4) is 0 Å². The number of aromatic nitrogens is 2. The van der Waals surface area contributed by atoms with Crippen molar-refractivity contribution in [1.29, 1.82) is 0 Å². The van der Waals surface area contributed by atoms with Crippen LogP contribution in [0, 0.1) is 0 Å². The highest BCUT2D eigenvalue weighted by molar-refractivity contribution is 6.04. The Bertz CT molecular complexity index is 1370. The van der Waals surface area contributed by atoms with E-state index >= 15 is 0 Å². The first-order valence-electron chi connectivity index (χ1n) is 11.0. The van der Waals surface area contributed by atoms with Gasteiger partial charge in [0.15, 0.2) is 0 Å². The van der Waals surface area contributed by atoms with Gasteiger partial charge in [0.1, 0.15) is 5.82 Å². The van der Waals surface area contributed by atoms with Gasteiger partial charge in [-0.15, -0.1) is 0 Å². The van der Waals surface area contributed by atoms with Crippen molar-refractivity contribution in [3.8, 4) is 0 Å². The van der Waals surface area contributed by atoms with E-state index < -0.39 is 23.1 Å². The summed E-state index contributed by atoms with van der Waals surface area (Å²) in [5, 5.41) is 2.71. The highest BCUT2D eigenvalue weighted by Gasteiger charge is 2.39. The fourth-order valence-electron chi connectivity index (χ4n) is 4.69. The average Bonchev–Trinajstić information content (AvgIpc) is 3.16. The molecule has 3 heterocycles. The Morgan fingerprint density at radius 3 is 2.45 bits per heavy atom. The second-order valence-corrected chi connectivity index (χ2v) is 8.56. The molecule has 1 atom stereocenters. The summed E-state index contributed by atoms with van der Waals surface area (Å²) in [5.41, 5.74) is 2.32. The maximum atomic E-state index is 13.1. The van der Waals surface area contributed by atoms with Crippen LogP contribution in [-0.2, 0) is 36.1 Å². The molecule has 33 heavy (non-hydrogen) atoms. The van der Waals surface area contributed by atoms with Gasteiger partial charge in [-0.25, -0.2) is 4.79 Å². The van der Waals surface area contributed by atoms with Gasteiger partial charge in [0.25, 0.3) is 5.56 Å². The molecule has 0 saturated carbocycles. The minimum absolute atomic E-state index is 0.111. The molecular weight excluding hydrogens is 420 g/mol. The number of benzene rings is 2. The predicted octanol–water partition coefficient (Wildman–Crippen LogP) is 1.61. The van der Waals surface area contributed by atoms with E-state index in [0.29, 0.717) is 13.1 Å². The van der Waals surface area contributed by atoms with Crippen LogP contribution >= 0.6 is 0 Å². The van der Waals surface area contributed by atoms with Crippen LogP contribution in [0.1, 0.15) is 34.6 Å². The fraction of sp³-hybridized carbons (Fsp3) is 0.280. The first-order valence-corrected chi connectivity index (χ1v) is 11.0. The minimum Gasteiger partial charge on any atom is -0.338 e. The van der Waals surface area contributed by atoms with Gasteiger partial charge in [-0.2, -0.15) is 0 Å². The smallest absolute Gasteiger partial charge is 0.332 e.